The van der Waals surface area contributed by atoms with Crippen LogP contribution in [0.25, 0.3) is 0 Å². The van der Waals surface area contributed by atoms with Crippen LogP contribution in [0.4, 0.5) is 13.2 Å². The van der Waals surface area contributed by atoms with Gasteiger partial charge in [-0.1, -0.05) is 64.1 Å². The molecule has 1 aliphatic rings. The van der Waals surface area contributed by atoms with Gasteiger partial charge in [-0.15, -0.1) is 0 Å². The molecule has 1 heterocycles. The fraction of sp³-hybridized carbons (Fsp3) is 0.455. The highest BCUT2D eigenvalue weighted by Gasteiger charge is 2.47. The van der Waals surface area contributed by atoms with Crippen LogP contribution < -0.4 is 5.32 Å². The Morgan fingerprint density at radius 1 is 1.09 bits per heavy atom. The number of carbonyl (C=O) groups is 2. The van der Waals surface area contributed by atoms with E-state index in [1.807, 2.05) is 0 Å². The van der Waals surface area contributed by atoms with Crippen molar-refractivity contribution in [1.29, 1.82) is 0 Å². The van der Waals surface area contributed by atoms with Crippen molar-refractivity contribution < 1.29 is 32.2 Å². The Morgan fingerprint density at radius 3 is 2.36 bits per heavy atom. The lowest BCUT2D eigenvalue weighted by molar-refractivity contribution is -0.140. The number of benzene rings is 1. The molecule has 2 rings (SSSR count). The van der Waals surface area contributed by atoms with Crippen molar-refractivity contribution >= 4 is 51.1 Å². The van der Waals surface area contributed by atoms with Gasteiger partial charge in [0.25, 0.3) is 0 Å². The van der Waals surface area contributed by atoms with Crippen LogP contribution in [0.15, 0.2) is 40.7 Å². The molecule has 0 aromatic heterocycles. The fourth-order valence-corrected chi connectivity index (χ4v) is 4.31. The van der Waals surface area contributed by atoms with E-state index in [0.29, 0.717) is 6.42 Å². The van der Waals surface area contributed by atoms with E-state index in [1.165, 1.54) is 25.1 Å². The zero-order chi connectivity index (χ0) is 24.8. The zero-order valence-corrected chi connectivity index (χ0v) is 21.1. The second-order valence-electron chi connectivity index (χ2n) is 7.26. The summed E-state index contributed by atoms with van der Waals surface area (Å²) in [6.07, 6.45) is -1.60. The van der Waals surface area contributed by atoms with Crippen LogP contribution in [0, 0.1) is 0 Å². The van der Waals surface area contributed by atoms with E-state index in [4.69, 9.17) is 27.9 Å². The largest absolute Gasteiger partial charge is 0.466 e. The van der Waals surface area contributed by atoms with E-state index in [1.54, 1.807) is 0 Å². The summed E-state index contributed by atoms with van der Waals surface area (Å²) in [5.74, 6) is -3.62. The minimum absolute atomic E-state index is 0.0523. The molecule has 0 aliphatic carbocycles. The number of allylic oxidation sites excluding steroid dienone is 2. The van der Waals surface area contributed by atoms with E-state index in [-0.39, 0.29) is 33.5 Å². The van der Waals surface area contributed by atoms with Crippen molar-refractivity contribution in [3.63, 3.8) is 0 Å². The Morgan fingerprint density at radius 2 is 1.76 bits per heavy atom. The molecule has 0 fully saturated rings. The van der Waals surface area contributed by atoms with Crippen molar-refractivity contribution in [3.8, 4) is 0 Å². The van der Waals surface area contributed by atoms with Gasteiger partial charge in [-0.3, -0.25) is 0 Å². The third kappa shape index (κ3) is 6.67. The molecule has 0 saturated heterocycles. The molecule has 1 aliphatic heterocycles. The normalized spacial score (nSPS) is 16.5. The minimum Gasteiger partial charge on any atom is -0.466 e. The van der Waals surface area contributed by atoms with Crippen molar-refractivity contribution in [2.24, 2.45) is 0 Å². The highest BCUT2D eigenvalue weighted by Crippen LogP contribution is 2.46. The maximum Gasteiger partial charge on any atom is 0.431 e. The number of hydrogen-bond acceptors (Lipinski definition) is 5. The molecular weight excluding hydrogens is 550 g/mol. The summed E-state index contributed by atoms with van der Waals surface area (Å²) in [4.78, 5) is 25.6. The number of alkyl halides is 4. The van der Waals surface area contributed by atoms with Gasteiger partial charge < -0.3 is 14.8 Å². The average molecular weight is 573 g/mol. The van der Waals surface area contributed by atoms with Gasteiger partial charge in [0.15, 0.2) is 0 Å². The lowest BCUT2D eigenvalue weighted by Crippen LogP contribution is -2.38. The number of carbonyl (C=O) groups excluding carboxylic acids is 2. The lowest BCUT2D eigenvalue weighted by Gasteiger charge is -2.32. The molecule has 0 bridgehead atoms. The summed E-state index contributed by atoms with van der Waals surface area (Å²) in [5.41, 5.74) is -2.37. The Bertz CT molecular complexity index is 963. The van der Waals surface area contributed by atoms with Gasteiger partial charge in [0, 0.05) is 11.0 Å². The molecule has 0 saturated carbocycles. The van der Waals surface area contributed by atoms with E-state index in [9.17, 15) is 22.8 Å². The van der Waals surface area contributed by atoms with Crippen LogP contribution in [0.3, 0.4) is 0 Å². The van der Waals surface area contributed by atoms with Crippen LogP contribution in [0.2, 0.25) is 10.0 Å². The molecule has 5 nitrogen and oxygen atoms in total. The summed E-state index contributed by atoms with van der Waals surface area (Å²) in [5, 5.41) is 3.00. The van der Waals surface area contributed by atoms with Crippen LogP contribution in [0.1, 0.15) is 44.1 Å². The smallest absolute Gasteiger partial charge is 0.431 e. The van der Waals surface area contributed by atoms with E-state index in [0.717, 1.165) is 31.7 Å². The maximum absolute atomic E-state index is 13.9. The molecule has 1 aromatic rings. The summed E-state index contributed by atoms with van der Waals surface area (Å²) >= 11 is 15.7. The molecule has 0 radical (unpaired) electrons. The molecule has 1 N–H and O–H groups in total. The van der Waals surface area contributed by atoms with Crippen molar-refractivity contribution in [1.82, 2.24) is 5.32 Å². The third-order valence-electron chi connectivity index (χ3n) is 5.03. The van der Waals surface area contributed by atoms with Crippen molar-refractivity contribution in [2.45, 2.75) is 44.7 Å². The standard InChI is InChI=1S/C22H23BrCl2F3NO4/c1-12-15(21(31)33-11-6-4-3-5-10-23)16(13-8-7-9-14(24)18(13)25)17(20(30)32-2)19(29-12)22(26,27)28/h7-9,16,29H,3-6,10-11H2,1-2H3. The van der Waals surface area contributed by atoms with Gasteiger partial charge in [-0.2, -0.15) is 13.2 Å². The van der Waals surface area contributed by atoms with E-state index in [2.05, 4.69) is 26.0 Å². The van der Waals surface area contributed by atoms with Gasteiger partial charge in [0.2, 0.25) is 0 Å². The number of rotatable bonds is 9. The second-order valence-corrected chi connectivity index (χ2v) is 8.84. The van der Waals surface area contributed by atoms with Crippen LogP contribution >= 0.6 is 39.1 Å². The highest BCUT2D eigenvalue weighted by atomic mass is 79.9. The molecule has 1 unspecified atom stereocenters. The highest BCUT2D eigenvalue weighted by molar-refractivity contribution is 9.09. The molecule has 182 valence electrons. The molecule has 0 spiro atoms. The van der Waals surface area contributed by atoms with Gasteiger partial charge in [-0.25, -0.2) is 9.59 Å². The van der Waals surface area contributed by atoms with Crippen LogP contribution in [-0.2, 0) is 19.1 Å². The van der Waals surface area contributed by atoms with Crippen molar-refractivity contribution in [3.05, 3.63) is 56.3 Å². The Kier molecular flexibility index (Phi) is 10.1. The number of hydrogen-bond donors (Lipinski definition) is 1. The predicted molar refractivity (Wildman–Crippen MR) is 123 cm³/mol. The Balaban J connectivity index is 2.55. The van der Waals surface area contributed by atoms with Crippen LogP contribution in [-0.4, -0.2) is 37.2 Å². The first-order chi connectivity index (χ1) is 15.5. The monoisotopic (exact) mass is 571 g/mol. The second kappa shape index (κ2) is 12.1. The number of halogens is 6. The van der Waals surface area contributed by atoms with Crippen LogP contribution in [0.5, 0.6) is 0 Å². The predicted octanol–water partition coefficient (Wildman–Crippen LogP) is 6.44. The SMILES string of the molecule is COC(=O)C1=C(C(F)(F)F)NC(C)=C(C(=O)OCCCCCCBr)C1c1cccc(Cl)c1Cl. The molecule has 1 atom stereocenters. The van der Waals surface area contributed by atoms with Gasteiger partial charge >= 0.3 is 18.1 Å². The quantitative estimate of drug-likeness (QED) is 0.209. The number of esters is 2. The summed E-state index contributed by atoms with van der Waals surface area (Å²) in [7, 11) is 0.954. The molecular formula is C22H23BrCl2F3NO4. The number of unbranched alkanes of at least 4 members (excludes halogenated alkanes) is 3. The number of nitrogens with one attached hydrogen (secondary N) is 1. The summed E-state index contributed by atoms with van der Waals surface area (Å²) < 4.78 is 51.6. The average Bonchev–Trinajstić information content (AvgIpc) is 2.76. The molecule has 33 heavy (non-hydrogen) atoms. The Labute approximate surface area is 208 Å². The summed E-state index contributed by atoms with van der Waals surface area (Å²) in [6, 6.07) is 4.32. The lowest BCUT2D eigenvalue weighted by atomic mass is 9.80. The van der Waals surface area contributed by atoms with Gasteiger partial charge in [0.1, 0.15) is 5.70 Å². The Hall–Kier alpha value is -1.71. The topological polar surface area (TPSA) is 64.6 Å². The third-order valence-corrected chi connectivity index (χ3v) is 6.42. The van der Waals surface area contributed by atoms with Gasteiger partial charge in [0.05, 0.1) is 40.8 Å². The van der Waals surface area contributed by atoms with Gasteiger partial charge in [-0.05, 0) is 31.4 Å². The molecule has 1 aromatic carbocycles. The zero-order valence-electron chi connectivity index (χ0n) is 18.0. The minimum atomic E-state index is -4.93. The molecule has 0 amide bonds. The first kappa shape index (κ1) is 27.5. The number of ether oxygens (including phenoxy) is 2. The summed E-state index contributed by atoms with van der Waals surface area (Å²) in [6.45, 7) is 1.38. The molecule has 11 heteroatoms. The number of dihydropyridines is 1. The maximum atomic E-state index is 13.9. The number of methoxy groups -OCH3 is 1. The van der Waals surface area contributed by atoms with Crippen molar-refractivity contribution in [2.75, 3.05) is 19.0 Å². The first-order valence-electron chi connectivity index (χ1n) is 10.1. The van der Waals surface area contributed by atoms with E-state index >= 15 is 0 Å². The fourth-order valence-electron chi connectivity index (χ4n) is 3.50. The van der Waals surface area contributed by atoms with E-state index < -0.39 is 35.3 Å². The first-order valence-corrected chi connectivity index (χ1v) is 12.0.